The van der Waals surface area contributed by atoms with Crippen LogP contribution in [-0.4, -0.2) is 34.6 Å². The van der Waals surface area contributed by atoms with Gasteiger partial charge in [0, 0.05) is 26.6 Å². The molecule has 1 aliphatic heterocycles. The van der Waals surface area contributed by atoms with Crippen LogP contribution in [0, 0.1) is 0 Å². The summed E-state index contributed by atoms with van der Waals surface area (Å²) in [5, 5.41) is 2.91. The molecule has 1 aliphatic rings. The van der Waals surface area contributed by atoms with E-state index in [9.17, 15) is 4.79 Å². The molecule has 3 rings (SSSR count). The molecule has 20 heavy (non-hydrogen) atoms. The van der Waals surface area contributed by atoms with Crippen LogP contribution in [0.3, 0.4) is 0 Å². The van der Waals surface area contributed by atoms with Crippen molar-refractivity contribution >= 4 is 16.9 Å². The van der Waals surface area contributed by atoms with Gasteiger partial charge in [0.15, 0.2) is 0 Å². The van der Waals surface area contributed by atoms with Crippen molar-refractivity contribution < 1.29 is 4.79 Å². The minimum Gasteiger partial charge on any atom is -0.354 e. The molecule has 4 N–H and O–H groups in total. The molecule has 1 aromatic carbocycles. The number of aryl methyl sites for hydroxylation is 1. The summed E-state index contributed by atoms with van der Waals surface area (Å²) in [5.74, 6) is 0.961. The first kappa shape index (κ1) is 13.0. The molecule has 7 nitrogen and oxygen atoms in total. The Bertz CT molecular complexity index is 616. The lowest BCUT2D eigenvalue weighted by Gasteiger charge is -2.09. The lowest BCUT2D eigenvalue weighted by Crippen LogP contribution is -2.45. The van der Waals surface area contributed by atoms with Gasteiger partial charge in [-0.15, -0.1) is 0 Å². The lowest BCUT2D eigenvalue weighted by molar-refractivity contribution is -0.122. The largest absolute Gasteiger partial charge is 0.354 e. The molecule has 2 aromatic rings. The Kier molecular flexibility index (Phi) is 3.64. The third-order valence-corrected chi connectivity index (χ3v) is 3.49. The second-order valence-electron chi connectivity index (χ2n) is 4.82. The third kappa shape index (κ3) is 2.51. The highest BCUT2D eigenvalue weighted by Gasteiger charge is 2.21. The highest BCUT2D eigenvalue weighted by molar-refractivity contribution is 5.82. The van der Waals surface area contributed by atoms with Gasteiger partial charge in [0.2, 0.25) is 5.91 Å². The summed E-state index contributed by atoms with van der Waals surface area (Å²) in [4.78, 5) is 16.4. The fourth-order valence-corrected chi connectivity index (χ4v) is 2.34. The van der Waals surface area contributed by atoms with E-state index in [1.54, 1.807) is 0 Å². The molecule has 2 heterocycles. The van der Waals surface area contributed by atoms with E-state index in [4.69, 9.17) is 0 Å². The molecule has 106 valence electrons. The molecule has 1 atom stereocenters. The summed E-state index contributed by atoms with van der Waals surface area (Å²) in [6.45, 7) is 1.16. The van der Waals surface area contributed by atoms with E-state index in [1.165, 1.54) is 0 Å². The molecule has 0 bridgehead atoms. The summed E-state index contributed by atoms with van der Waals surface area (Å²) < 4.78 is 2.07. The molecular weight excluding hydrogens is 256 g/mol. The van der Waals surface area contributed by atoms with Crippen LogP contribution in [0.15, 0.2) is 24.3 Å². The van der Waals surface area contributed by atoms with Gasteiger partial charge in [-0.1, -0.05) is 12.1 Å². The lowest BCUT2D eigenvalue weighted by atomic mass is 10.3. The summed E-state index contributed by atoms with van der Waals surface area (Å²) in [5.41, 5.74) is 10.5. The van der Waals surface area contributed by atoms with Crippen LogP contribution < -0.4 is 21.7 Å². The molecule has 1 unspecified atom stereocenters. The zero-order valence-electron chi connectivity index (χ0n) is 11.3. The molecule has 1 amide bonds. The molecular formula is C13H18N6O. The number of carbonyl (C=O) groups is 1. The summed E-state index contributed by atoms with van der Waals surface area (Å²) in [6, 6.07) is 7.80. The zero-order chi connectivity index (χ0) is 13.9. The number of para-hydroxylation sites is 2. The second kappa shape index (κ2) is 5.58. The highest BCUT2D eigenvalue weighted by atomic mass is 16.2. The number of amides is 1. The van der Waals surface area contributed by atoms with Gasteiger partial charge in [0.1, 0.15) is 11.9 Å². The van der Waals surface area contributed by atoms with Gasteiger partial charge in [-0.25, -0.2) is 15.8 Å². The molecule has 0 radical (unpaired) electrons. The van der Waals surface area contributed by atoms with Crippen molar-refractivity contribution in [1.82, 2.24) is 31.3 Å². The van der Waals surface area contributed by atoms with Crippen molar-refractivity contribution in [2.24, 2.45) is 7.05 Å². The smallest absolute Gasteiger partial charge is 0.239 e. The van der Waals surface area contributed by atoms with Crippen LogP contribution in [0.5, 0.6) is 0 Å². The molecule has 1 aromatic heterocycles. The number of fused-ring (bicyclic) bond motifs is 1. The van der Waals surface area contributed by atoms with E-state index in [0.29, 0.717) is 19.5 Å². The average Bonchev–Trinajstić information content (AvgIpc) is 3.09. The van der Waals surface area contributed by atoms with Crippen molar-refractivity contribution in [2.45, 2.75) is 12.5 Å². The van der Waals surface area contributed by atoms with Crippen LogP contribution >= 0.6 is 0 Å². The zero-order valence-corrected chi connectivity index (χ0v) is 11.3. The van der Waals surface area contributed by atoms with Crippen molar-refractivity contribution in [1.29, 1.82) is 0 Å². The van der Waals surface area contributed by atoms with Crippen molar-refractivity contribution in [3.63, 3.8) is 0 Å². The van der Waals surface area contributed by atoms with Gasteiger partial charge in [-0.3, -0.25) is 4.79 Å². The SMILES string of the molecule is Cn1c(CCNC(=O)C2CNNN2)nc2ccccc21. The summed E-state index contributed by atoms with van der Waals surface area (Å²) in [7, 11) is 2.00. The Labute approximate surface area is 116 Å². The molecule has 1 saturated heterocycles. The van der Waals surface area contributed by atoms with Crippen LogP contribution in [0.2, 0.25) is 0 Å². The number of imidazole rings is 1. The first-order chi connectivity index (χ1) is 9.75. The maximum Gasteiger partial charge on any atom is 0.239 e. The number of rotatable bonds is 4. The Morgan fingerprint density at radius 1 is 1.50 bits per heavy atom. The monoisotopic (exact) mass is 274 g/mol. The maximum absolute atomic E-state index is 11.8. The number of hydrogen-bond acceptors (Lipinski definition) is 5. The topological polar surface area (TPSA) is 83.0 Å². The predicted octanol–water partition coefficient (Wildman–Crippen LogP) is -0.787. The fourth-order valence-electron chi connectivity index (χ4n) is 2.34. The van der Waals surface area contributed by atoms with E-state index in [2.05, 4.69) is 31.3 Å². The van der Waals surface area contributed by atoms with Crippen LogP contribution in [0.4, 0.5) is 0 Å². The Morgan fingerprint density at radius 3 is 3.10 bits per heavy atom. The molecule has 7 heteroatoms. The van der Waals surface area contributed by atoms with Gasteiger partial charge in [0.05, 0.1) is 11.0 Å². The fraction of sp³-hybridized carbons (Fsp3) is 0.385. The second-order valence-corrected chi connectivity index (χ2v) is 4.82. The predicted molar refractivity (Wildman–Crippen MR) is 75.5 cm³/mol. The van der Waals surface area contributed by atoms with Crippen LogP contribution in [-0.2, 0) is 18.3 Å². The normalized spacial score (nSPS) is 18.6. The van der Waals surface area contributed by atoms with Crippen LogP contribution in [0.1, 0.15) is 5.82 Å². The van der Waals surface area contributed by atoms with Gasteiger partial charge < -0.3 is 9.88 Å². The number of benzene rings is 1. The minimum atomic E-state index is -0.226. The van der Waals surface area contributed by atoms with E-state index < -0.39 is 0 Å². The molecule has 0 spiro atoms. The van der Waals surface area contributed by atoms with Gasteiger partial charge in [-0.05, 0) is 12.1 Å². The third-order valence-electron chi connectivity index (χ3n) is 3.49. The Hall–Kier alpha value is -1.96. The number of carbonyl (C=O) groups excluding carboxylic acids is 1. The summed E-state index contributed by atoms with van der Waals surface area (Å²) >= 11 is 0. The van der Waals surface area contributed by atoms with Gasteiger partial charge in [-0.2, -0.15) is 5.53 Å². The Morgan fingerprint density at radius 2 is 2.35 bits per heavy atom. The highest BCUT2D eigenvalue weighted by Crippen LogP contribution is 2.14. The minimum absolute atomic E-state index is 0.0127. The Balaban J connectivity index is 1.59. The van der Waals surface area contributed by atoms with E-state index >= 15 is 0 Å². The van der Waals surface area contributed by atoms with Gasteiger partial charge in [0.25, 0.3) is 0 Å². The number of nitrogens with one attached hydrogen (secondary N) is 4. The maximum atomic E-state index is 11.8. The van der Waals surface area contributed by atoms with E-state index in [-0.39, 0.29) is 11.9 Å². The number of hydrazine groups is 2. The molecule has 0 saturated carbocycles. The van der Waals surface area contributed by atoms with Crippen molar-refractivity contribution in [2.75, 3.05) is 13.1 Å². The van der Waals surface area contributed by atoms with Crippen molar-refractivity contribution in [3.05, 3.63) is 30.1 Å². The summed E-state index contributed by atoms with van der Waals surface area (Å²) in [6.07, 6.45) is 0.713. The molecule has 0 aliphatic carbocycles. The first-order valence-electron chi connectivity index (χ1n) is 6.67. The van der Waals surface area contributed by atoms with E-state index in [1.807, 2.05) is 31.3 Å². The number of aromatic nitrogens is 2. The molecule has 1 fully saturated rings. The first-order valence-corrected chi connectivity index (χ1v) is 6.67. The van der Waals surface area contributed by atoms with Crippen LogP contribution in [0.25, 0.3) is 11.0 Å². The number of hydrogen-bond donors (Lipinski definition) is 4. The van der Waals surface area contributed by atoms with Crippen molar-refractivity contribution in [3.8, 4) is 0 Å². The average molecular weight is 274 g/mol. The standard InChI is InChI=1S/C13H18N6O/c1-19-11-5-3-2-4-9(11)16-12(19)6-7-14-13(20)10-8-15-18-17-10/h2-5,10,15,17-18H,6-8H2,1H3,(H,14,20). The van der Waals surface area contributed by atoms with E-state index in [0.717, 1.165) is 16.9 Å². The quantitative estimate of drug-likeness (QED) is 0.587. The number of nitrogens with zero attached hydrogens (tertiary/aromatic N) is 2. The van der Waals surface area contributed by atoms with Gasteiger partial charge >= 0.3 is 0 Å².